The molecule has 1 aliphatic rings. The van der Waals surface area contributed by atoms with Gasteiger partial charge in [0.15, 0.2) is 17.7 Å². The van der Waals surface area contributed by atoms with Crippen LogP contribution in [0, 0.1) is 5.41 Å². The molecule has 1 saturated heterocycles. The Balaban J connectivity index is 1.06. The maximum atomic E-state index is 12.7. The molecule has 0 spiro atoms. The lowest BCUT2D eigenvalue weighted by Crippen LogP contribution is -2.46. The van der Waals surface area contributed by atoms with Gasteiger partial charge in [-0.15, -0.1) is 11.8 Å². The third-order valence-corrected chi connectivity index (χ3v) is 13.5. The lowest BCUT2D eigenvalue weighted by atomic mass is 9.87. The van der Waals surface area contributed by atoms with Crippen LogP contribution in [0.25, 0.3) is 11.2 Å². The monoisotopic (exact) mass is 949 g/mol. The number of amides is 2. The van der Waals surface area contributed by atoms with Crippen molar-refractivity contribution >= 4 is 64.0 Å². The largest absolute Gasteiger partial charge is 0.508 e. The summed E-state index contributed by atoms with van der Waals surface area (Å²) in [7, 11) is -16.4. The van der Waals surface area contributed by atoms with Crippen LogP contribution in [0.1, 0.15) is 42.9 Å². The molecule has 62 heavy (non-hydrogen) atoms. The topological polar surface area (TPSA) is 367 Å². The van der Waals surface area contributed by atoms with Crippen molar-refractivity contribution < 1.29 is 80.8 Å². The number of nitrogen functional groups attached to an aromatic ring is 1. The molecule has 340 valence electrons. The van der Waals surface area contributed by atoms with E-state index < -0.39 is 78.6 Å². The number of hydrogen-bond donors (Lipinski definition) is 10. The highest BCUT2D eigenvalue weighted by molar-refractivity contribution is 7.99. The van der Waals surface area contributed by atoms with Gasteiger partial charge in [-0.25, -0.2) is 28.6 Å². The molecule has 4 aromatic rings. The Morgan fingerprint density at radius 3 is 2.29 bits per heavy atom. The van der Waals surface area contributed by atoms with Gasteiger partial charge in [0.2, 0.25) is 11.8 Å². The van der Waals surface area contributed by atoms with Crippen molar-refractivity contribution in [3.05, 3.63) is 78.4 Å². The SMILES string of the molecule is CC(C)(COP(=O)(O)OP(=O)(O)OC[C@H]1O[C@@H](n2cnc3c(N)ncnc32)[C@H](O)[C@@H]1OP(=O)(O)O)[C@@H](O)C(=O)NCCC(=O)NCCSC(c1ccccc1)c1ccc(O)cc1. The van der Waals surface area contributed by atoms with Crippen LogP contribution >= 0.6 is 35.2 Å². The number of phosphoric acid groups is 3. The van der Waals surface area contributed by atoms with E-state index in [-0.39, 0.29) is 46.9 Å². The molecule has 0 radical (unpaired) electrons. The Morgan fingerprint density at radius 2 is 1.61 bits per heavy atom. The Bertz CT molecular complexity index is 2310. The van der Waals surface area contributed by atoms with E-state index in [0.717, 1.165) is 28.3 Å². The molecule has 1 aliphatic heterocycles. The molecule has 0 aliphatic carbocycles. The van der Waals surface area contributed by atoms with Crippen molar-refractivity contribution in [3.63, 3.8) is 0 Å². The van der Waals surface area contributed by atoms with Gasteiger partial charge < -0.3 is 56.0 Å². The number of nitrogens with zero attached hydrogens (tertiary/aromatic N) is 4. The quantitative estimate of drug-likeness (QED) is 0.0395. The van der Waals surface area contributed by atoms with Gasteiger partial charge >= 0.3 is 23.5 Å². The molecule has 3 unspecified atom stereocenters. The summed E-state index contributed by atoms with van der Waals surface area (Å²) in [4.78, 5) is 76.4. The first-order valence-electron chi connectivity index (χ1n) is 18.4. The summed E-state index contributed by atoms with van der Waals surface area (Å²) < 4.78 is 62.5. The minimum Gasteiger partial charge on any atom is -0.508 e. The third kappa shape index (κ3) is 13.6. The van der Waals surface area contributed by atoms with E-state index in [0.29, 0.717) is 12.3 Å². The molecule has 11 N–H and O–H groups in total. The van der Waals surface area contributed by atoms with Crippen molar-refractivity contribution in [1.29, 1.82) is 0 Å². The Labute approximate surface area is 357 Å². The van der Waals surface area contributed by atoms with E-state index in [9.17, 15) is 58.2 Å². The van der Waals surface area contributed by atoms with Crippen LogP contribution in [0.2, 0.25) is 0 Å². The van der Waals surface area contributed by atoms with E-state index in [4.69, 9.17) is 19.5 Å². The number of aliphatic hydroxyl groups excluding tert-OH is 2. The second-order valence-electron chi connectivity index (χ2n) is 14.3. The first-order valence-corrected chi connectivity index (χ1v) is 24.0. The smallest absolute Gasteiger partial charge is 0.481 e. The molecule has 8 atom stereocenters. The van der Waals surface area contributed by atoms with Gasteiger partial charge in [-0.2, -0.15) is 4.31 Å². The number of nitrogens with two attached hydrogens (primary N) is 1. The van der Waals surface area contributed by atoms with Crippen LogP contribution in [0.4, 0.5) is 5.82 Å². The van der Waals surface area contributed by atoms with Gasteiger partial charge in [-0.1, -0.05) is 56.3 Å². The van der Waals surface area contributed by atoms with Crippen LogP contribution in [0.3, 0.4) is 0 Å². The molecule has 2 amide bonds. The molecule has 2 aromatic heterocycles. The zero-order valence-corrected chi connectivity index (χ0v) is 36.4. The lowest BCUT2D eigenvalue weighted by molar-refractivity contribution is -0.137. The summed E-state index contributed by atoms with van der Waals surface area (Å²) in [5, 5.41) is 36.4. The lowest BCUT2D eigenvalue weighted by Gasteiger charge is -2.30. The highest BCUT2D eigenvalue weighted by Crippen LogP contribution is 2.61. The fraction of sp³-hybridized carbons (Fsp3) is 0.441. The number of aromatic nitrogens is 4. The molecule has 0 saturated carbocycles. The minimum absolute atomic E-state index is 0.0312. The average Bonchev–Trinajstić information content (AvgIpc) is 3.76. The number of benzene rings is 2. The second kappa shape index (κ2) is 20.8. The molecule has 1 fully saturated rings. The minimum atomic E-state index is -5.58. The second-order valence-corrected chi connectivity index (χ2v) is 19.8. The number of aliphatic hydroxyl groups is 2. The number of carbonyl (C=O) groups excluding carboxylic acids is 2. The fourth-order valence-corrected chi connectivity index (χ4v) is 9.95. The van der Waals surface area contributed by atoms with Crippen molar-refractivity contribution in [3.8, 4) is 5.75 Å². The summed E-state index contributed by atoms with van der Waals surface area (Å²) in [5.74, 6) is -0.707. The Morgan fingerprint density at radius 1 is 0.952 bits per heavy atom. The fourth-order valence-electron chi connectivity index (χ4n) is 5.97. The van der Waals surface area contributed by atoms with Crippen LogP contribution in [0.15, 0.2) is 67.3 Å². The summed E-state index contributed by atoms with van der Waals surface area (Å²) in [6, 6.07) is 16.6. The van der Waals surface area contributed by atoms with Crippen LogP contribution < -0.4 is 16.4 Å². The van der Waals surface area contributed by atoms with E-state index in [1.807, 2.05) is 42.5 Å². The molecular formula is C34H46N7O17P3S. The van der Waals surface area contributed by atoms with Crippen LogP contribution in [-0.2, 0) is 45.9 Å². The molecule has 28 heteroatoms. The van der Waals surface area contributed by atoms with Gasteiger partial charge in [0.25, 0.3) is 0 Å². The summed E-state index contributed by atoms with van der Waals surface area (Å²) in [6.07, 6.45) is -6.89. The number of aromatic hydroxyl groups is 1. The van der Waals surface area contributed by atoms with Gasteiger partial charge in [-0.3, -0.25) is 27.7 Å². The number of rotatable bonds is 22. The number of hydrogen-bond acceptors (Lipinski definition) is 18. The number of fused-ring (bicyclic) bond motifs is 1. The maximum Gasteiger partial charge on any atom is 0.481 e. The van der Waals surface area contributed by atoms with Gasteiger partial charge in [-0.05, 0) is 23.3 Å². The van der Waals surface area contributed by atoms with Crippen molar-refractivity contribution in [1.82, 2.24) is 30.2 Å². The van der Waals surface area contributed by atoms with Gasteiger partial charge in [0, 0.05) is 30.7 Å². The van der Waals surface area contributed by atoms with E-state index in [2.05, 4.69) is 34.4 Å². The molecule has 3 heterocycles. The number of carbonyl (C=O) groups is 2. The number of phenols is 1. The predicted molar refractivity (Wildman–Crippen MR) is 218 cm³/mol. The number of thioether (sulfide) groups is 1. The number of nitrogens with one attached hydrogen (secondary N) is 2. The molecular weight excluding hydrogens is 903 g/mol. The zero-order valence-electron chi connectivity index (χ0n) is 32.9. The number of ether oxygens (including phenoxy) is 1. The summed E-state index contributed by atoms with van der Waals surface area (Å²) in [6.45, 7) is 0.645. The summed E-state index contributed by atoms with van der Waals surface area (Å²) in [5.41, 5.74) is 6.29. The van der Waals surface area contributed by atoms with Crippen molar-refractivity contribution in [2.75, 3.05) is 37.8 Å². The highest BCUT2D eigenvalue weighted by atomic mass is 32.2. The number of phenolic OH excluding ortho intramolecular Hbond substituents is 1. The number of imidazole rings is 1. The highest BCUT2D eigenvalue weighted by Gasteiger charge is 2.50. The summed E-state index contributed by atoms with van der Waals surface area (Å²) >= 11 is 1.58. The van der Waals surface area contributed by atoms with Gasteiger partial charge in [0.1, 0.15) is 42.0 Å². The molecule has 0 bridgehead atoms. The standard InChI is InChI=1S/C34H46N7O17P3S/c1-34(2,29(45)32(46)37-13-12-24(43)36-14-15-62-28(20-6-4-3-5-7-20)21-8-10-22(42)11-9-21)17-55-61(52,53)58-60(50,51)54-16-23-27(57-59(47,48)49)26(44)33(56-23)41-19-40-25-30(35)38-18-39-31(25)41/h3-11,18-19,23,26-29,33,42,44-45H,12-17H2,1-2H3,(H,36,43)(H,37,46)(H,50,51)(H,52,53)(H2,35,38,39)(H2,47,48,49)/t23-,26-,27-,28?,29+,33-/m1/s1. The van der Waals surface area contributed by atoms with E-state index in [1.165, 1.54) is 13.8 Å². The van der Waals surface area contributed by atoms with Gasteiger partial charge in [0.05, 0.1) is 24.8 Å². The Hall–Kier alpha value is -3.87. The van der Waals surface area contributed by atoms with E-state index in [1.54, 1.807) is 23.9 Å². The van der Waals surface area contributed by atoms with E-state index >= 15 is 0 Å². The van der Waals surface area contributed by atoms with Crippen molar-refractivity contribution in [2.24, 2.45) is 5.41 Å². The number of anilines is 1. The average molecular weight is 950 g/mol. The normalized spacial score (nSPS) is 21.2. The van der Waals surface area contributed by atoms with Crippen LogP contribution in [0.5, 0.6) is 5.75 Å². The first kappa shape index (κ1) is 49.2. The molecule has 24 nitrogen and oxygen atoms in total. The van der Waals surface area contributed by atoms with Crippen LogP contribution in [-0.4, -0.2) is 123 Å². The first-order chi connectivity index (χ1) is 29.1. The maximum absolute atomic E-state index is 12.7. The third-order valence-electron chi connectivity index (χ3n) is 9.08. The molecule has 5 rings (SSSR count). The Kier molecular flexibility index (Phi) is 16.5. The zero-order chi connectivity index (χ0) is 45.5. The molecule has 2 aromatic carbocycles. The van der Waals surface area contributed by atoms with Crippen molar-refractivity contribution in [2.45, 2.75) is 56.2 Å². The predicted octanol–water partition coefficient (Wildman–Crippen LogP) is 1.63. The number of phosphoric ester groups is 3.